The van der Waals surface area contributed by atoms with Crippen LogP contribution >= 0.6 is 0 Å². The van der Waals surface area contributed by atoms with Crippen LogP contribution in [0.1, 0.15) is 13.8 Å². The highest BCUT2D eigenvalue weighted by Gasteiger charge is 2.25. The molecule has 7 heteroatoms. The fraction of sp³-hybridized carbons (Fsp3) is 0.538. The van der Waals surface area contributed by atoms with E-state index >= 15 is 0 Å². The molecule has 0 saturated carbocycles. The maximum absolute atomic E-state index is 12.3. The molecule has 1 atom stereocenters. The average Bonchev–Trinajstić information content (AvgIpc) is 2.43. The van der Waals surface area contributed by atoms with Gasteiger partial charge in [-0.2, -0.15) is 0 Å². The molecule has 0 saturated heterocycles. The van der Waals surface area contributed by atoms with E-state index in [2.05, 4.69) is 4.72 Å². The van der Waals surface area contributed by atoms with Crippen molar-refractivity contribution in [1.29, 1.82) is 0 Å². The van der Waals surface area contributed by atoms with Gasteiger partial charge in [-0.3, -0.25) is 0 Å². The summed E-state index contributed by atoms with van der Waals surface area (Å²) >= 11 is 0. The normalized spacial score (nSPS) is 13.3. The molecule has 0 spiro atoms. The Balaban J connectivity index is 3.15. The van der Waals surface area contributed by atoms with Crippen LogP contribution in [-0.2, 0) is 10.0 Å². The number of rotatable bonds is 7. The lowest BCUT2D eigenvalue weighted by Gasteiger charge is -2.20. The number of aliphatic hydroxyl groups excluding tert-OH is 1. The number of aliphatic hydroxyl groups is 1. The lowest BCUT2D eigenvalue weighted by molar-refractivity contribution is 0.227. The zero-order valence-electron chi connectivity index (χ0n) is 12.1. The third-order valence-electron chi connectivity index (χ3n) is 2.97. The predicted molar refractivity (Wildman–Crippen MR) is 75.6 cm³/mol. The summed E-state index contributed by atoms with van der Waals surface area (Å²) in [4.78, 5) is 0.0138. The minimum Gasteiger partial charge on any atom is -0.497 e. The number of nitrogens with one attached hydrogen (secondary N) is 1. The Labute approximate surface area is 119 Å². The van der Waals surface area contributed by atoms with E-state index in [1.807, 2.05) is 13.8 Å². The molecule has 114 valence electrons. The van der Waals surface area contributed by atoms with Crippen LogP contribution < -0.4 is 14.2 Å². The molecule has 0 aliphatic heterocycles. The molecular formula is C13H21NO5S. The zero-order chi connectivity index (χ0) is 15.3. The summed E-state index contributed by atoms with van der Waals surface area (Å²) in [6.07, 6.45) is 0. The molecule has 0 bridgehead atoms. The van der Waals surface area contributed by atoms with Gasteiger partial charge in [0.05, 0.1) is 20.8 Å². The topological polar surface area (TPSA) is 84.9 Å². The van der Waals surface area contributed by atoms with Crippen LogP contribution in [0.25, 0.3) is 0 Å². The molecule has 1 rings (SSSR count). The Bertz CT molecular complexity index is 542. The molecule has 20 heavy (non-hydrogen) atoms. The molecule has 0 unspecified atom stereocenters. The van der Waals surface area contributed by atoms with Gasteiger partial charge in [0.1, 0.15) is 16.4 Å². The summed E-state index contributed by atoms with van der Waals surface area (Å²) in [6, 6.07) is 3.90. The first-order valence-corrected chi connectivity index (χ1v) is 7.69. The van der Waals surface area contributed by atoms with Gasteiger partial charge in [0.25, 0.3) is 0 Å². The molecule has 0 fully saturated rings. The third kappa shape index (κ3) is 3.84. The maximum Gasteiger partial charge on any atom is 0.244 e. The predicted octanol–water partition coefficient (Wildman–Crippen LogP) is 0.999. The number of methoxy groups -OCH3 is 2. The van der Waals surface area contributed by atoms with E-state index in [0.717, 1.165) is 0 Å². The van der Waals surface area contributed by atoms with Gasteiger partial charge < -0.3 is 14.6 Å². The van der Waals surface area contributed by atoms with Gasteiger partial charge in [0.15, 0.2) is 0 Å². The molecule has 1 aromatic carbocycles. The highest BCUT2D eigenvalue weighted by atomic mass is 32.2. The molecule has 6 nitrogen and oxygen atoms in total. The van der Waals surface area contributed by atoms with Gasteiger partial charge >= 0.3 is 0 Å². The molecule has 1 aromatic rings. The van der Waals surface area contributed by atoms with E-state index in [1.165, 1.54) is 26.4 Å². The summed E-state index contributed by atoms with van der Waals surface area (Å²) in [5.41, 5.74) is 0. The first-order valence-electron chi connectivity index (χ1n) is 6.21. The maximum atomic E-state index is 12.3. The molecule has 0 amide bonds. The largest absolute Gasteiger partial charge is 0.497 e. The highest BCUT2D eigenvalue weighted by molar-refractivity contribution is 7.89. The van der Waals surface area contributed by atoms with Crippen LogP contribution in [0.5, 0.6) is 11.5 Å². The standard InChI is InChI=1S/C13H21NO5S/c1-9(2)11(8-15)14-20(16,17)13-6-5-10(18-3)7-12(13)19-4/h5-7,9,11,14-15H,8H2,1-4H3/t11-/m1/s1. The van der Waals surface area contributed by atoms with Crippen molar-refractivity contribution >= 4 is 10.0 Å². The fourth-order valence-electron chi connectivity index (χ4n) is 1.64. The second kappa shape index (κ2) is 6.92. The molecule has 2 N–H and O–H groups in total. The van der Waals surface area contributed by atoms with Gasteiger partial charge in [0.2, 0.25) is 10.0 Å². The highest BCUT2D eigenvalue weighted by Crippen LogP contribution is 2.28. The van der Waals surface area contributed by atoms with Crippen LogP contribution in [0, 0.1) is 5.92 Å². The van der Waals surface area contributed by atoms with Crippen molar-refractivity contribution in [2.75, 3.05) is 20.8 Å². The second-order valence-corrected chi connectivity index (χ2v) is 6.35. The van der Waals surface area contributed by atoms with E-state index in [1.54, 1.807) is 6.07 Å². The molecule has 0 heterocycles. The third-order valence-corrected chi connectivity index (χ3v) is 4.50. The van der Waals surface area contributed by atoms with E-state index < -0.39 is 16.1 Å². The summed E-state index contributed by atoms with van der Waals surface area (Å²) < 4.78 is 37.3. The van der Waals surface area contributed by atoms with Crippen molar-refractivity contribution in [3.05, 3.63) is 18.2 Å². The summed E-state index contributed by atoms with van der Waals surface area (Å²) in [6.45, 7) is 3.39. The molecular weight excluding hydrogens is 282 g/mol. The second-order valence-electron chi connectivity index (χ2n) is 4.67. The van der Waals surface area contributed by atoms with Crippen molar-refractivity contribution in [2.24, 2.45) is 5.92 Å². The van der Waals surface area contributed by atoms with Crippen molar-refractivity contribution in [3.8, 4) is 11.5 Å². The fourth-order valence-corrected chi connectivity index (χ4v) is 3.17. The SMILES string of the molecule is COc1ccc(S(=O)(=O)N[C@H](CO)C(C)C)c(OC)c1. The number of hydrogen-bond acceptors (Lipinski definition) is 5. The van der Waals surface area contributed by atoms with Crippen molar-refractivity contribution in [2.45, 2.75) is 24.8 Å². The van der Waals surface area contributed by atoms with Crippen LogP contribution in [0.3, 0.4) is 0 Å². The van der Waals surface area contributed by atoms with Gasteiger partial charge in [-0.25, -0.2) is 13.1 Å². The van der Waals surface area contributed by atoms with Crippen LogP contribution in [0.15, 0.2) is 23.1 Å². The smallest absolute Gasteiger partial charge is 0.244 e. The number of ether oxygens (including phenoxy) is 2. The molecule has 0 aromatic heterocycles. The summed E-state index contributed by atoms with van der Waals surface area (Å²) in [5.74, 6) is 0.666. The number of sulfonamides is 1. The zero-order valence-corrected chi connectivity index (χ0v) is 12.9. The van der Waals surface area contributed by atoms with Gasteiger partial charge in [-0.05, 0) is 18.1 Å². The van der Waals surface area contributed by atoms with E-state index in [-0.39, 0.29) is 23.2 Å². The van der Waals surface area contributed by atoms with Crippen LogP contribution in [-0.4, -0.2) is 40.4 Å². The lowest BCUT2D eigenvalue weighted by atomic mass is 10.1. The first-order chi connectivity index (χ1) is 9.35. The number of hydrogen-bond donors (Lipinski definition) is 2. The number of benzene rings is 1. The van der Waals surface area contributed by atoms with Crippen molar-refractivity contribution < 1.29 is 23.0 Å². The van der Waals surface area contributed by atoms with Crippen molar-refractivity contribution in [3.63, 3.8) is 0 Å². The summed E-state index contributed by atoms with van der Waals surface area (Å²) in [7, 11) is -0.898. The Kier molecular flexibility index (Phi) is 5.79. The Morgan fingerprint density at radius 1 is 1.25 bits per heavy atom. The molecule has 0 aliphatic carbocycles. The average molecular weight is 303 g/mol. The van der Waals surface area contributed by atoms with Gasteiger partial charge in [-0.15, -0.1) is 0 Å². The minimum absolute atomic E-state index is 0.0138. The molecule has 0 aliphatic rings. The minimum atomic E-state index is -3.77. The lowest BCUT2D eigenvalue weighted by Crippen LogP contribution is -2.41. The quantitative estimate of drug-likeness (QED) is 0.785. The van der Waals surface area contributed by atoms with Crippen molar-refractivity contribution in [1.82, 2.24) is 4.72 Å². The Morgan fingerprint density at radius 3 is 2.35 bits per heavy atom. The van der Waals surface area contributed by atoms with Gasteiger partial charge in [0, 0.05) is 12.1 Å². The van der Waals surface area contributed by atoms with E-state index in [0.29, 0.717) is 5.75 Å². The molecule has 0 radical (unpaired) electrons. The van der Waals surface area contributed by atoms with E-state index in [9.17, 15) is 13.5 Å². The van der Waals surface area contributed by atoms with Crippen LogP contribution in [0.4, 0.5) is 0 Å². The Morgan fingerprint density at radius 2 is 1.90 bits per heavy atom. The van der Waals surface area contributed by atoms with Crippen LogP contribution in [0.2, 0.25) is 0 Å². The Hall–Kier alpha value is -1.31. The van der Waals surface area contributed by atoms with E-state index in [4.69, 9.17) is 9.47 Å². The first kappa shape index (κ1) is 16.7. The van der Waals surface area contributed by atoms with Gasteiger partial charge in [-0.1, -0.05) is 13.8 Å². The summed E-state index contributed by atoms with van der Waals surface area (Å²) in [5, 5.41) is 9.24. The monoisotopic (exact) mass is 303 g/mol.